The number of hydrogen-bond acceptors (Lipinski definition) is 3. The van der Waals surface area contributed by atoms with Crippen molar-refractivity contribution in [2.24, 2.45) is 5.84 Å². The van der Waals surface area contributed by atoms with E-state index in [0.717, 1.165) is 24.3 Å². The summed E-state index contributed by atoms with van der Waals surface area (Å²) in [5, 5.41) is 2.05. The zero-order valence-corrected chi connectivity index (χ0v) is 10.1. The van der Waals surface area contributed by atoms with E-state index in [-0.39, 0.29) is 11.3 Å². The molecule has 2 rings (SSSR count). The molecule has 0 fully saturated rings. The number of rotatable bonds is 3. The lowest BCUT2D eigenvalue weighted by molar-refractivity contribution is 0.102. The summed E-state index contributed by atoms with van der Waals surface area (Å²) in [5.74, 6) is 1.61. The maximum Gasteiger partial charge on any atom is 0.258 e. The van der Waals surface area contributed by atoms with Crippen molar-refractivity contribution >= 4 is 17.3 Å². The van der Waals surface area contributed by atoms with Crippen LogP contribution in [0.4, 0.5) is 24.5 Å². The normalized spacial score (nSPS) is 10.2. The van der Waals surface area contributed by atoms with Crippen LogP contribution in [0, 0.1) is 17.5 Å². The second-order valence-corrected chi connectivity index (χ2v) is 3.86. The number of carbonyl (C=O) groups is 1. The van der Waals surface area contributed by atoms with Crippen LogP contribution in [0.25, 0.3) is 0 Å². The Balaban J connectivity index is 2.36. The molecular weight excluding hydrogens is 271 g/mol. The van der Waals surface area contributed by atoms with E-state index in [2.05, 4.69) is 0 Å². The Morgan fingerprint density at radius 1 is 0.900 bits per heavy atom. The fraction of sp³-hybridized carbons (Fsp3) is 0. The number of para-hydroxylation sites is 2. The monoisotopic (exact) mass is 281 g/mol. The highest BCUT2D eigenvalue weighted by atomic mass is 19.1. The quantitative estimate of drug-likeness (QED) is 0.598. The van der Waals surface area contributed by atoms with Gasteiger partial charge in [0.1, 0.15) is 23.1 Å². The molecule has 0 saturated carbocycles. The first-order valence-corrected chi connectivity index (χ1v) is 5.55. The lowest BCUT2D eigenvalue weighted by atomic mass is 10.1. The van der Waals surface area contributed by atoms with Gasteiger partial charge in [-0.25, -0.2) is 13.2 Å². The van der Waals surface area contributed by atoms with Gasteiger partial charge in [0.2, 0.25) is 0 Å². The van der Waals surface area contributed by atoms with Gasteiger partial charge in [0, 0.05) is 0 Å². The van der Waals surface area contributed by atoms with Crippen molar-refractivity contribution in [1.29, 1.82) is 0 Å². The molecule has 4 nitrogen and oxygen atoms in total. The van der Waals surface area contributed by atoms with E-state index in [1.807, 2.05) is 10.7 Å². The minimum atomic E-state index is -0.933. The number of amides is 1. The van der Waals surface area contributed by atoms with Crippen LogP contribution in [0.3, 0.4) is 0 Å². The molecule has 0 heterocycles. The minimum absolute atomic E-state index is 0.171. The molecule has 20 heavy (non-hydrogen) atoms. The van der Waals surface area contributed by atoms with Crippen molar-refractivity contribution in [3.05, 3.63) is 59.4 Å². The SMILES string of the molecule is NNc1c(F)cccc1C(=O)Nc1c(F)cccc1F. The molecule has 0 unspecified atom stereocenters. The van der Waals surface area contributed by atoms with Crippen LogP contribution in [0.5, 0.6) is 0 Å². The van der Waals surface area contributed by atoms with Gasteiger partial charge in [-0.15, -0.1) is 0 Å². The average Bonchev–Trinajstić information content (AvgIpc) is 2.42. The van der Waals surface area contributed by atoms with Crippen LogP contribution >= 0.6 is 0 Å². The molecule has 7 heteroatoms. The second-order valence-electron chi connectivity index (χ2n) is 3.86. The van der Waals surface area contributed by atoms with Gasteiger partial charge in [-0.1, -0.05) is 12.1 Å². The van der Waals surface area contributed by atoms with Crippen LogP contribution in [-0.4, -0.2) is 5.91 Å². The number of anilines is 2. The Hall–Kier alpha value is -2.54. The van der Waals surface area contributed by atoms with Crippen molar-refractivity contribution in [1.82, 2.24) is 0 Å². The number of hydrazine groups is 1. The topological polar surface area (TPSA) is 67.1 Å². The molecule has 0 aliphatic carbocycles. The predicted molar refractivity (Wildman–Crippen MR) is 68.5 cm³/mol. The molecule has 0 spiro atoms. The molecule has 2 aromatic carbocycles. The third-order valence-electron chi connectivity index (χ3n) is 2.60. The van der Waals surface area contributed by atoms with Crippen LogP contribution in [0.2, 0.25) is 0 Å². The summed E-state index contributed by atoms with van der Waals surface area (Å²) in [4.78, 5) is 11.9. The summed E-state index contributed by atoms with van der Waals surface area (Å²) in [5.41, 5.74) is 0.996. The van der Waals surface area contributed by atoms with E-state index in [1.54, 1.807) is 0 Å². The number of nitrogen functional groups attached to an aromatic ring is 1. The first-order chi connectivity index (χ1) is 9.54. The molecule has 0 saturated heterocycles. The Morgan fingerprint density at radius 2 is 1.40 bits per heavy atom. The van der Waals surface area contributed by atoms with Gasteiger partial charge >= 0.3 is 0 Å². The minimum Gasteiger partial charge on any atom is -0.321 e. The molecule has 0 radical (unpaired) electrons. The third-order valence-corrected chi connectivity index (χ3v) is 2.60. The van der Waals surface area contributed by atoms with Crippen molar-refractivity contribution in [3.63, 3.8) is 0 Å². The summed E-state index contributed by atoms with van der Waals surface area (Å²) in [7, 11) is 0. The number of nitrogens with one attached hydrogen (secondary N) is 2. The summed E-state index contributed by atoms with van der Waals surface area (Å²) in [6.07, 6.45) is 0. The van der Waals surface area contributed by atoms with Gasteiger partial charge < -0.3 is 10.7 Å². The van der Waals surface area contributed by atoms with Gasteiger partial charge in [0.05, 0.1) is 11.3 Å². The number of halogens is 3. The van der Waals surface area contributed by atoms with Crippen LogP contribution in [0.15, 0.2) is 36.4 Å². The van der Waals surface area contributed by atoms with E-state index in [0.29, 0.717) is 0 Å². The Kier molecular flexibility index (Phi) is 3.90. The van der Waals surface area contributed by atoms with E-state index in [4.69, 9.17) is 5.84 Å². The summed E-state index contributed by atoms with van der Waals surface area (Å²) >= 11 is 0. The molecule has 1 amide bonds. The molecule has 0 aliphatic heterocycles. The largest absolute Gasteiger partial charge is 0.321 e. The molecule has 0 aliphatic rings. The highest BCUT2D eigenvalue weighted by Crippen LogP contribution is 2.22. The Morgan fingerprint density at radius 3 is 1.95 bits per heavy atom. The summed E-state index contributed by atoms with van der Waals surface area (Å²) < 4.78 is 40.3. The highest BCUT2D eigenvalue weighted by Gasteiger charge is 2.17. The van der Waals surface area contributed by atoms with Gasteiger partial charge in [0.15, 0.2) is 0 Å². The van der Waals surface area contributed by atoms with Gasteiger partial charge in [-0.3, -0.25) is 10.6 Å². The maximum atomic E-state index is 13.4. The van der Waals surface area contributed by atoms with E-state index in [1.165, 1.54) is 12.1 Å². The lowest BCUT2D eigenvalue weighted by Crippen LogP contribution is -2.19. The molecule has 4 N–H and O–H groups in total. The fourth-order valence-electron chi connectivity index (χ4n) is 1.66. The smallest absolute Gasteiger partial charge is 0.258 e. The first-order valence-electron chi connectivity index (χ1n) is 5.55. The predicted octanol–water partition coefficient (Wildman–Crippen LogP) is 2.64. The van der Waals surface area contributed by atoms with Gasteiger partial charge in [0.25, 0.3) is 5.91 Å². The second kappa shape index (κ2) is 5.62. The molecule has 0 atom stereocenters. The number of nitrogens with two attached hydrogens (primary N) is 1. The van der Waals surface area contributed by atoms with E-state index < -0.39 is 29.0 Å². The van der Waals surface area contributed by atoms with Crippen molar-refractivity contribution in [2.75, 3.05) is 10.7 Å². The summed E-state index contributed by atoms with van der Waals surface area (Å²) in [6, 6.07) is 6.79. The van der Waals surface area contributed by atoms with Gasteiger partial charge in [-0.2, -0.15) is 0 Å². The van der Waals surface area contributed by atoms with E-state index >= 15 is 0 Å². The average molecular weight is 281 g/mol. The molecule has 0 aromatic heterocycles. The van der Waals surface area contributed by atoms with Crippen LogP contribution in [-0.2, 0) is 0 Å². The van der Waals surface area contributed by atoms with Crippen molar-refractivity contribution < 1.29 is 18.0 Å². The lowest BCUT2D eigenvalue weighted by Gasteiger charge is -2.11. The molecule has 104 valence electrons. The summed E-state index contributed by atoms with van der Waals surface area (Å²) in [6.45, 7) is 0. The Bertz CT molecular complexity index is 641. The van der Waals surface area contributed by atoms with Crippen LogP contribution < -0.4 is 16.6 Å². The molecule has 2 aromatic rings. The number of hydrogen-bond donors (Lipinski definition) is 3. The van der Waals surface area contributed by atoms with E-state index in [9.17, 15) is 18.0 Å². The number of benzene rings is 2. The van der Waals surface area contributed by atoms with Crippen LogP contribution in [0.1, 0.15) is 10.4 Å². The Labute approximate surface area is 112 Å². The zero-order valence-electron chi connectivity index (χ0n) is 10.1. The van der Waals surface area contributed by atoms with Crippen molar-refractivity contribution in [2.45, 2.75) is 0 Å². The maximum absolute atomic E-state index is 13.4. The van der Waals surface area contributed by atoms with Gasteiger partial charge in [-0.05, 0) is 24.3 Å². The first kappa shape index (κ1) is 13.9. The van der Waals surface area contributed by atoms with Crippen molar-refractivity contribution in [3.8, 4) is 0 Å². The third kappa shape index (κ3) is 2.57. The fourth-order valence-corrected chi connectivity index (χ4v) is 1.66. The molecule has 0 bridgehead atoms. The molecular formula is C13H10F3N3O. The number of carbonyl (C=O) groups excluding carboxylic acids is 1. The standard InChI is InChI=1S/C13H10F3N3O/c14-8-4-1-3-7(11(8)19-17)13(20)18-12-9(15)5-2-6-10(12)16/h1-6,19H,17H2,(H,18,20). The zero-order chi connectivity index (χ0) is 14.7. The highest BCUT2D eigenvalue weighted by molar-refractivity contribution is 6.08.